The van der Waals surface area contributed by atoms with Crippen molar-refractivity contribution in [2.45, 2.75) is 13.2 Å². The van der Waals surface area contributed by atoms with Crippen molar-refractivity contribution in [1.82, 2.24) is 9.55 Å². The van der Waals surface area contributed by atoms with Gasteiger partial charge in [-0.25, -0.2) is 9.78 Å². The highest BCUT2D eigenvalue weighted by molar-refractivity contribution is 5.92. The fraction of sp³-hybridized carbons (Fsp3) is 0.111. The summed E-state index contributed by atoms with van der Waals surface area (Å²) < 4.78 is 6.24. The zero-order valence-electron chi connectivity index (χ0n) is 13.4. The first-order valence-electron chi connectivity index (χ1n) is 7.56. The molecule has 130 valence electrons. The molecule has 8 heteroatoms. The van der Waals surface area contributed by atoms with Gasteiger partial charge >= 0.3 is 5.97 Å². The second kappa shape index (κ2) is 6.94. The van der Waals surface area contributed by atoms with Crippen LogP contribution in [0.2, 0.25) is 0 Å². The molecular weight excluding hydrogens is 338 g/mol. The molecule has 8 nitrogen and oxygen atoms in total. The zero-order valence-corrected chi connectivity index (χ0v) is 13.4. The van der Waals surface area contributed by atoms with Crippen LogP contribution in [0.1, 0.15) is 16.2 Å². The van der Waals surface area contributed by atoms with Crippen molar-refractivity contribution in [3.63, 3.8) is 0 Å². The topological polar surface area (TPSA) is 125 Å². The van der Waals surface area contributed by atoms with Crippen LogP contribution in [-0.4, -0.2) is 25.7 Å². The van der Waals surface area contributed by atoms with Gasteiger partial charge in [0, 0.05) is 6.07 Å². The number of phenolic OH excluding ortho intramolecular Hbond substituents is 2. The first kappa shape index (κ1) is 17.0. The van der Waals surface area contributed by atoms with Crippen LogP contribution in [-0.2, 0) is 17.9 Å². The molecule has 0 aliphatic rings. The zero-order chi connectivity index (χ0) is 18.7. The van der Waals surface area contributed by atoms with Gasteiger partial charge in [0.2, 0.25) is 0 Å². The summed E-state index contributed by atoms with van der Waals surface area (Å²) >= 11 is 0. The Morgan fingerprint density at radius 3 is 2.73 bits per heavy atom. The molecule has 0 unspecified atom stereocenters. The van der Waals surface area contributed by atoms with Gasteiger partial charge in [-0.1, -0.05) is 12.1 Å². The van der Waals surface area contributed by atoms with Crippen molar-refractivity contribution in [2.75, 3.05) is 0 Å². The van der Waals surface area contributed by atoms with Crippen molar-refractivity contribution in [3.8, 4) is 17.6 Å². The lowest BCUT2D eigenvalue weighted by Crippen LogP contribution is -2.26. The van der Waals surface area contributed by atoms with E-state index in [1.807, 2.05) is 6.07 Å². The highest BCUT2D eigenvalue weighted by Gasteiger charge is 2.16. The molecule has 2 aromatic carbocycles. The summed E-state index contributed by atoms with van der Waals surface area (Å²) in [7, 11) is 0. The van der Waals surface area contributed by atoms with Crippen LogP contribution < -0.4 is 5.56 Å². The Bertz CT molecular complexity index is 1100. The number of rotatable bonds is 4. The molecule has 3 rings (SSSR count). The molecule has 1 heterocycles. The second-order valence-electron chi connectivity index (χ2n) is 5.37. The minimum Gasteiger partial charge on any atom is -0.508 e. The lowest BCUT2D eigenvalue weighted by atomic mass is 10.2. The number of para-hydroxylation sites is 1. The van der Waals surface area contributed by atoms with Crippen molar-refractivity contribution in [2.24, 2.45) is 0 Å². The number of phenols is 2. The van der Waals surface area contributed by atoms with E-state index in [2.05, 4.69) is 4.98 Å². The summed E-state index contributed by atoms with van der Waals surface area (Å²) in [5, 5.41) is 28.3. The van der Waals surface area contributed by atoms with Crippen LogP contribution in [0.25, 0.3) is 10.9 Å². The predicted molar refractivity (Wildman–Crippen MR) is 90.5 cm³/mol. The number of hydrogen-bond acceptors (Lipinski definition) is 7. The number of fused-ring (bicyclic) bond motifs is 1. The van der Waals surface area contributed by atoms with Crippen molar-refractivity contribution in [1.29, 1.82) is 5.26 Å². The minimum atomic E-state index is -0.853. The second-order valence-corrected chi connectivity index (χ2v) is 5.37. The quantitative estimate of drug-likeness (QED) is 0.685. The summed E-state index contributed by atoms with van der Waals surface area (Å²) in [5.41, 5.74) is -0.126. The molecule has 2 N–H and O–H groups in total. The molecule has 0 saturated carbocycles. The van der Waals surface area contributed by atoms with Crippen LogP contribution in [0.15, 0.2) is 47.3 Å². The van der Waals surface area contributed by atoms with Gasteiger partial charge in [-0.3, -0.25) is 9.36 Å². The number of carbonyl (C=O) groups is 1. The number of hydrogen-bond donors (Lipinski definition) is 2. The molecule has 0 bridgehead atoms. The maximum Gasteiger partial charge on any atom is 0.342 e. The van der Waals surface area contributed by atoms with Crippen molar-refractivity contribution in [3.05, 3.63) is 64.2 Å². The first-order chi connectivity index (χ1) is 12.5. The Labute approximate surface area is 147 Å². The van der Waals surface area contributed by atoms with E-state index in [1.54, 1.807) is 24.3 Å². The Hall–Kier alpha value is -3.86. The molecule has 0 fully saturated rings. The van der Waals surface area contributed by atoms with Gasteiger partial charge < -0.3 is 14.9 Å². The van der Waals surface area contributed by atoms with Gasteiger partial charge in [-0.05, 0) is 24.3 Å². The molecule has 0 saturated heterocycles. The van der Waals surface area contributed by atoms with Crippen molar-refractivity contribution < 1.29 is 19.7 Å². The first-order valence-corrected chi connectivity index (χ1v) is 7.56. The summed E-state index contributed by atoms with van der Waals surface area (Å²) in [4.78, 5) is 28.9. The lowest BCUT2D eigenvalue weighted by Gasteiger charge is -2.11. The third-order valence-electron chi connectivity index (χ3n) is 3.70. The monoisotopic (exact) mass is 351 g/mol. The third kappa shape index (κ3) is 3.18. The standard InChI is InChI=1S/C18H13N3O5/c19-7-8-21-16(20-14-4-2-1-3-12(14)17(21)24)10-26-18(25)13-6-5-11(22)9-15(13)23/h1-6,9,22-23H,8,10H2. The van der Waals surface area contributed by atoms with Gasteiger partial charge in [0.05, 0.1) is 17.0 Å². The fourth-order valence-electron chi connectivity index (χ4n) is 2.46. The average Bonchev–Trinajstić information content (AvgIpc) is 2.62. The van der Waals surface area contributed by atoms with Crippen LogP contribution in [0, 0.1) is 11.3 Å². The van der Waals surface area contributed by atoms with Crippen LogP contribution in [0.3, 0.4) is 0 Å². The van der Waals surface area contributed by atoms with Crippen LogP contribution >= 0.6 is 0 Å². The summed E-state index contributed by atoms with van der Waals surface area (Å²) in [5.74, 6) is -1.37. The Balaban J connectivity index is 1.93. The molecule has 0 aliphatic carbocycles. The number of esters is 1. The Morgan fingerprint density at radius 2 is 2.00 bits per heavy atom. The molecule has 0 radical (unpaired) electrons. The molecule has 1 aromatic heterocycles. The van der Waals surface area contributed by atoms with Gasteiger partial charge in [-0.2, -0.15) is 5.26 Å². The van der Waals surface area contributed by atoms with Crippen molar-refractivity contribution >= 4 is 16.9 Å². The molecule has 26 heavy (non-hydrogen) atoms. The minimum absolute atomic E-state index is 0.113. The SMILES string of the molecule is N#CCn1c(COC(=O)c2ccc(O)cc2O)nc2ccccc2c1=O. The van der Waals surface area contributed by atoms with Gasteiger partial charge in [0.25, 0.3) is 5.56 Å². The van der Waals surface area contributed by atoms with E-state index in [0.29, 0.717) is 10.9 Å². The van der Waals surface area contributed by atoms with E-state index in [9.17, 15) is 19.8 Å². The number of aromatic nitrogens is 2. The van der Waals surface area contributed by atoms with Crippen LogP contribution in [0.4, 0.5) is 0 Å². The average molecular weight is 351 g/mol. The third-order valence-corrected chi connectivity index (χ3v) is 3.70. The number of carbonyl (C=O) groups excluding carboxylic acids is 1. The normalized spacial score (nSPS) is 10.4. The number of nitrogens with zero attached hydrogens (tertiary/aromatic N) is 3. The summed E-state index contributed by atoms with van der Waals surface area (Å²) in [6.07, 6.45) is 0. The van der Waals surface area contributed by atoms with E-state index in [0.717, 1.165) is 10.6 Å². The van der Waals surface area contributed by atoms with Gasteiger partial charge in [0.15, 0.2) is 5.82 Å². The highest BCUT2D eigenvalue weighted by atomic mass is 16.5. The Kier molecular flexibility index (Phi) is 4.53. The van der Waals surface area contributed by atoms with Gasteiger partial charge in [-0.15, -0.1) is 0 Å². The molecule has 0 amide bonds. The lowest BCUT2D eigenvalue weighted by molar-refractivity contribution is 0.0454. The highest BCUT2D eigenvalue weighted by Crippen LogP contribution is 2.23. The molecule has 0 atom stereocenters. The molecule has 0 spiro atoms. The van der Waals surface area contributed by atoms with E-state index in [1.165, 1.54) is 12.1 Å². The summed E-state index contributed by atoms with van der Waals surface area (Å²) in [6.45, 7) is -0.602. The largest absolute Gasteiger partial charge is 0.508 e. The molecule has 3 aromatic rings. The number of nitriles is 1. The van der Waals surface area contributed by atoms with Crippen LogP contribution in [0.5, 0.6) is 11.5 Å². The summed E-state index contributed by atoms with van der Waals surface area (Å²) in [6, 6.07) is 12.0. The number of aromatic hydroxyl groups is 2. The Morgan fingerprint density at radius 1 is 1.23 bits per heavy atom. The maximum atomic E-state index is 12.5. The van der Waals surface area contributed by atoms with E-state index < -0.39 is 17.3 Å². The van der Waals surface area contributed by atoms with E-state index >= 15 is 0 Å². The fourth-order valence-corrected chi connectivity index (χ4v) is 2.46. The predicted octanol–water partition coefficient (Wildman–Crippen LogP) is 1.69. The molecular formula is C18H13N3O5. The maximum absolute atomic E-state index is 12.5. The number of ether oxygens (including phenoxy) is 1. The smallest absolute Gasteiger partial charge is 0.342 e. The van der Waals surface area contributed by atoms with Gasteiger partial charge in [0.1, 0.15) is 30.2 Å². The van der Waals surface area contributed by atoms with E-state index in [-0.39, 0.29) is 30.3 Å². The van der Waals surface area contributed by atoms with E-state index in [4.69, 9.17) is 10.00 Å². The number of benzene rings is 2. The molecule has 0 aliphatic heterocycles.